The lowest BCUT2D eigenvalue weighted by Crippen LogP contribution is -2.53. The number of amides is 3. The number of rotatable bonds is 10. The summed E-state index contributed by atoms with van der Waals surface area (Å²) < 4.78 is 5.34. The van der Waals surface area contributed by atoms with E-state index in [1.54, 1.807) is 26.8 Å². The number of carbonyl (C=O) groups excluding carboxylic acids is 3. The summed E-state index contributed by atoms with van der Waals surface area (Å²) >= 11 is 1.53. The van der Waals surface area contributed by atoms with Crippen molar-refractivity contribution in [1.29, 1.82) is 5.26 Å². The van der Waals surface area contributed by atoms with Crippen molar-refractivity contribution in [2.24, 2.45) is 0 Å². The van der Waals surface area contributed by atoms with Gasteiger partial charge in [-0.25, -0.2) is 4.79 Å². The van der Waals surface area contributed by atoms with E-state index in [0.29, 0.717) is 17.7 Å². The highest BCUT2D eigenvalue weighted by Gasteiger charge is 2.36. The van der Waals surface area contributed by atoms with Gasteiger partial charge >= 0.3 is 6.09 Å². The SMILES string of the molecule is CSCCC(NC(=O)OC(C)(C)C)C(=O)N(CC#N)C(C(=O)NC(C)C)c1ccc(C)c(C)c1. The molecule has 0 radical (unpaired) electrons. The molecule has 9 heteroatoms. The molecule has 0 fully saturated rings. The lowest BCUT2D eigenvalue weighted by atomic mass is 9.98. The zero-order valence-corrected chi connectivity index (χ0v) is 22.3. The number of alkyl carbamates (subject to hydrolysis) is 1. The highest BCUT2D eigenvalue weighted by atomic mass is 32.2. The molecule has 2 atom stereocenters. The first kappa shape index (κ1) is 29.3. The van der Waals surface area contributed by atoms with Crippen LogP contribution in [0.15, 0.2) is 18.2 Å². The summed E-state index contributed by atoms with van der Waals surface area (Å²) in [5.74, 6) is -0.301. The fourth-order valence-electron chi connectivity index (χ4n) is 3.29. The second kappa shape index (κ2) is 13.2. The number of thioether (sulfide) groups is 1. The van der Waals surface area contributed by atoms with Crippen LogP contribution in [0.3, 0.4) is 0 Å². The van der Waals surface area contributed by atoms with Crippen molar-refractivity contribution in [1.82, 2.24) is 15.5 Å². The molecular weight excluding hydrogens is 452 g/mol. The molecule has 0 saturated heterocycles. The van der Waals surface area contributed by atoms with E-state index in [9.17, 15) is 19.6 Å². The molecule has 0 bridgehead atoms. The number of nitrogens with one attached hydrogen (secondary N) is 2. The Morgan fingerprint density at radius 1 is 1.15 bits per heavy atom. The summed E-state index contributed by atoms with van der Waals surface area (Å²) in [5.41, 5.74) is 1.89. The van der Waals surface area contributed by atoms with Crippen LogP contribution in [0, 0.1) is 25.2 Å². The summed E-state index contributed by atoms with van der Waals surface area (Å²) in [5, 5.41) is 15.1. The molecule has 0 saturated carbocycles. The maximum Gasteiger partial charge on any atom is 0.408 e. The Morgan fingerprint density at radius 2 is 1.79 bits per heavy atom. The van der Waals surface area contributed by atoms with E-state index in [0.717, 1.165) is 11.1 Å². The molecule has 188 valence electrons. The summed E-state index contributed by atoms with van der Waals surface area (Å²) in [7, 11) is 0. The third-order valence-electron chi connectivity index (χ3n) is 4.96. The van der Waals surface area contributed by atoms with Crippen molar-refractivity contribution in [2.45, 2.75) is 78.6 Å². The molecule has 3 amide bonds. The van der Waals surface area contributed by atoms with E-state index in [1.165, 1.54) is 16.7 Å². The molecule has 1 rings (SSSR count). The smallest absolute Gasteiger partial charge is 0.408 e. The van der Waals surface area contributed by atoms with E-state index in [2.05, 4.69) is 10.6 Å². The van der Waals surface area contributed by atoms with Crippen molar-refractivity contribution in [3.05, 3.63) is 34.9 Å². The van der Waals surface area contributed by atoms with Crippen LogP contribution >= 0.6 is 11.8 Å². The monoisotopic (exact) mass is 490 g/mol. The third kappa shape index (κ3) is 9.26. The van der Waals surface area contributed by atoms with Gasteiger partial charge in [0.15, 0.2) is 0 Å². The molecule has 1 aromatic carbocycles. The molecule has 0 heterocycles. The summed E-state index contributed by atoms with van der Waals surface area (Å²) in [4.78, 5) is 40.7. The predicted octanol–water partition coefficient (Wildman–Crippen LogP) is 3.87. The van der Waals surface area contributed by atoms with Crippen LogP contribution in [0.1, 0.15) is 63.8 Å². The number of aryl methyl sites for hydroxylation is 2. The average Bonchev–Trinajstić information content (AvgIpc) is 2.70. The number of benzene rings is 1. The van der Waals surface area contributed by atoms with Gasteiger partial charge in [-0.2, -0.15) is 17.0 Å². The predicted molar refractivity (Wildman–Crippen MR) is 135 cm³/mol. The van der Waals surface area contributed by atoms with Crippen LogP contribution in [0.25, 0.3) is 0 Å². The number of ether oxygens (including phenoxy) is 1. The summed E-state index contributed by atoms with van der Waals surface area (Å²) in [6.07, 6.45) is 1.50. The van der Waals surface area contributed by atoms with Gasteiger partial charge in [0.25, 0.3) is 0 Å². The van der Waals surface area contributed by atoms with Gasteiger partial charge in [0, 0.05) is 6.04 Å². The topological polar surface area (TPSA) is 112 Å². The van der Waals surface area contributed by atoms with Crippen LogP contribution in [-0.2, 0) is 14.3 Å². The largest absolute Gasteiger partial charge is 0.444 e. The maximum atomic E-state index is 13.7. The first-order valence-corrected chi connectivity index (χ1v) is 12.7. The van der Waals surface area contributed by atoms with Crippen LogP contribution in [0.4, 0.5) is 4.79 Å². The van der Waals surface area contributed by atoms with E-state index < -0.39 is 29.7 Å². The molecule has 34 heavy (non-hydrogen) atoms. The number of nitrogens with zero attached hydrogens (tertiary/aromatic N) is 2. The van der Waals surface area contributed by atoms with Crippen molar-refractivity contribution in [3.8, 4) is 6.07 Å². The maximum absolute atomic E-state index is 13.7. The quantitative estimate of drug-likeness (QED) is 0.482. The number of hydrogen-bond donors (Lipinski definition) is 2. The Hall–Kier alpha value is -2.73. The van der Waals surface area contributed by atoms with Crippen molar-refractivity contribution >= 4 is 29.7 Å². The van der Waals surface area contributed by atoms with Gasteiger partial charge in [-0.1, -0.05) is 18.2 Å². The third-order valence-corrected chi connectivity index (χ3v) is 5.61. The normalized spacial score (nSPS) is 12.9. The molecule has 0 aromatic heterocycles. The molecule has 0 aliphatic carbocycles. The Labute approximate surface area is 207 Å². The Morgan fingerprint density at radius 3 is 2.29 bits per heavy atom. The lowest BCUT2D eigenvalue weighted by Gasteiger charge is -2.33. The van der Waals surface area contributed by atoms with Gasteiger partial charge in [0.05, 0.1) is 6.07 Å². The van der Waals surface area contributed by atoms with Crippen molar-refractivity contribution in [3.63, 3.8) is 0 Å². The first-order chi connectivity index (χ1) is 15.8. The van der Waals surface area contributed by atoms with Crippen molar-refractivity contribution < 1.29 is 19.1 Å². The number of carbonyl (C=O) groups is 3. The second-order valence-corrected chi connectivity index (χ2v) is 10.5. The molecule has 8 nitrogen and oxygen atoms in total. The molecule has 1 aromatic rings. The Bertz CT molecular complexity index is 905. The van der Waals surface area contributed by atoms with Crippen LogP contribution in [0.2, 0.25) is 0 Å². The number of nitriles is 1. The van der Waals surface area contributed by atoms with Crippen molar-refractivity contribution in [2.75, 3.05) is 18.6 Å². The zero-order chi connectivity index (χ0) is 26.1. The Kier molecular flexibility index (Phi) is 11.4. The fraction of sp³-hybridized carbons (Fsp3) is 0.600. The molecule has 0 spiro atoms. The van der Waals surface area contributed by atoms with Crippen LogP contribution < -0.4 is 10.6 Å². The van der Waals surface area contributed by atoms with Gasteiger partial charge in [0.2, 0.25) is 11.8 Å². The van der Waals surface area contributed by atoms with Gasteiger partial charge in [-0.3, -0.25) is 9.59 Å². The zero-order valence-electron chi connectivity index (χ0n) is 21.5. The van der Waals surface area contributed by atoms with Gasteiger partial charge < -0.3 is 20.3 Å². The van der Waals surface area contributed by atoms with E-state index in [4.69, 9.17) is 4.74 Å². The molecule has 0 aliphatic rings. The number of hydrogen-bond acceptors (Lipinski definition) is 6. The lowest BCUT2D eigenvalue weighted by molar-refractivity contribution is -0.142. The second-order valence-electron chi connectivity index (χ2n) is 9.51. The van der Waals surface area contributed by atoms with Gasteiger partial charge in [-0.15, -0.1) is 0 Å². The minimum absolute atomic E-state index is 0.159. The minimum Gasteiger partial charge on any atom is -0.444 e. The standard InChI is InChI=1S/C25H38N4O4S/c1-16(2)27-22(30)21(19-10-9-17(3)18(4)15-19)29(13-12-26)23(31)20(11-14-34-8)28-24(32)33-25(5,6)7/h9-10,15-16,20-21H,11,13-14H2,1-8H3,(H,27,30)(H,28,32). The van der Waals surface area contributed by atoms with Gasteiger partial charge in [0.1, 0.15) is 24.2 Å². The highest BCUT2D eigenvalue weighted by molar-refractivity contribution is 7.98. The summed E-state index contributed by atoms with van der Waals surface area (Å²) in [6, 6.07) is 5.42. The first-order valence-electron chi connectivity index (χ1n) is 11.3. The molecular formula is C25H38N4O4S. The summed E-state index contributed by atoms with van der Waals surface area (Å²) in [6.45, 7) is 12.4. The van der Waals surface area contributed by atoms with Crippen LogP contribution in [-0.4, -0.2) is 59.0 Å². The molecule has 2 unspecified atom stereocenters. The molecule has 2 N–H and O–H groups in total. The highest BCUT2D eigenvalue weighted by Crippen LogP contribution is 2.25. The molecule has 0 aliphatic heterocycles. The van der Waals surface area contributed by atoms with E-state index >= 15 is 0 Å². The minimum atomic E-state index is -1.02. The average molecular weight is 491 g/mol. The van der Waals surface area contributed by atoms with Gasteiger partial charge in [-0.05, 0) is 83.6 Å². The van der Waals surface area contributed by atoms with E-state index in [1.807, 2.05) is 52.2 Å². The van der Waals surface area contributed by atoms with Crippen LogP contribution in [0.5, 0.6) is 0 Å². The van der Waals surface area contributed by atoms with E-state index in [-0.39, 0.29) is 18.5 Å². The Balaban J connectivity index is 3.44. The fourth-order valence-corrected chi connectivity index (χ4v) is 3.76.